The van der Waals surface area contributed by atoms with E-state index in [1.165, 1.54) is 0 Å². The lowest BCUT2D eigenvalue weighted by Gasteiger charge is -2.19. The molecule has 116 valence electrons. The summed E-state index contributed by atoms with van der Waals surface area (Å²) in [6, 6.07) is 6.57. The Kier molecular flexibility index (Phi) is 6.84. The summed E-state index contributed by atoms with van der Waals surface area (Å²) in [5.41, 5.74) is 6.19. The topological polar surface area (TPSA) is 92.4 Å². The number of aliphatic hydroxyl groups excluding tert-OH is 1. The van der Waals surface area contributed by atoms with E-state index in [0.29, 0.717) is 6.42 Å². The summed E-state index contributed by atoms with van der Waals surface area (Å²) in [7, 11) is 0. The zero-order valence-electron chi connectivity index (χ0n) is 12.2. The predicted octanol–water partition coefficient (Wildman–Crippen LogP) is 1.37. The van der Waals surface area contributed by atoms with Crippen molar-refractivity contribution >= 4 is 27.7 Å². The highest BCUT2D eigenvalue weighted by Gasteiger charge is 2.23. The van der Waals surface area contributed by atoms with Gasteiger partial charge in [-0.05, 0) is 30.0 Å². The van der Waals surface area contributed by atoms with Gasteiger partial charge in [-0.25, -0.2) is 0 Å². The van der Waals surface area contributed by atoms with Gasteiger partial charge >= 0.3 is 0 Å². The molecule has 0 aliphatic heterocycles. The van der Waals surface area contributed by atoms with E-state index in [0.717, 1.165) is 10.0 Å². The van der Waals surface area contributed by atoms with Crippen molar-refractivity contribution in [1.29, 1.82) is 0 Å². The van der Waals surface area contributed by atoms with Gasteiger partial charge in [0.05, 0.1) is 0 Å². The molecule has 0 aliphatic carbocycles. The molecule has 0 aliphatic rings. The van der Waals surface area contributed by atoms with Gasteiger partial charge in [0.25, 0.3) is 0 Å². The molecule has 2 atom stereocenters. The van der Waals surface area contributed by atoms with Crippen molar-refractivity contribution in [1.82, 2.24) is 5.32 Å². The van der Waals surface area contributed by atoms with Gasteiger partial charge in [0, 0.05) is 10.9 Å². The van der Waals surface area contributed by atoms with Crippen molar-refractivity contribution in [3.8, 4) is 0 Å². The Bertz CT molecular complexity index is 505. The molecule has 0 spiro atoms. The Morgan fingerprint density at radius 2 is 2.05 bits per heavy atom. The molecule has 0 bridgehead atoms. The monoisotopic (exact) mass is 356 g/mol. The smallest absolute Gasteiger partial charge is 0.249 e. The lowest BCUT2D eigenvalue weighted by molar-refractivity contribution is -0.133. The molecule has 0 saturated carbocycles. The van der Waals surface area contributed by atoms with Gasteiger partial charge in [-0.15, -0.1) is 0 Å². The average Bonchev–Trinajstić information content (AvgIpc) is 2.36. The number of aliphatic hydroxyl groups is 1. The van der Waals surface area contributed by atoms with E-state index < -0.39 is 24.0 Å². The number of carbonyl (C=O) groups excluding carboxylic acids is 2. The summed E-state index contributed by atoms with van der Waals surface area (Å²) in [4.78, 5) is 23.4. The third-order valence-electron chi connectivity index (χ3n) is 2.99. The normalized spacial score (nSPS) is 13.8. The fourth-order valence-corrected chi connectivity index (χ4v) is 2.39. The fourth-order valence-electron chi connectivity index (χ4n) is 1.94. The first-order valence-electron chi connectivity index (χ1n) is 6.81. The first-order chi connectivity index (χ1) is 9.79. The standard InChI is InChI=1S/C15H21BrN2O3/c1-9(2)6-13(19)15(21)18-12(14(17)20)8-10-4-3-5-11(16)7-10/h3-5,7,9,12-13,19H,6,8H2,1-2H3,(H2,17,20)(H,18,21)/t12-,13+/m0/s1. The number of amides is 2. The number of primary amides is 1. The van der Waals surface area contributed by atoms with Crippen molar-refractivity contribution in [2.24, 2.45) is 11.7 Å². The fraction of sp³-hybridized carbons (Fsp3) is 0.467. The molecule has 6 heteroatoms. The van der Waals surface area contributed by atoms with Crippen LogP contribution in [0, 0.1) is 5.92 Å². The molecule has 1 aromatic carbocycles. The van der Waals surface area contributed by atoms with Crippen LogP contribution in [0.1, 0.15) is 25.8 Å². The van der Waals surface area contributed by atoms with Crippen LogP contribution < -0.4 is 11.1 Å². The van der Waals surface area contributed by atoms with E-state index in [4.69, 9.17) is 5.73 Å². The van der Waals surface area contributed by atoms with Crippen LogP contribution in [0.2, 0.25) is 0 Å². The Labute approximate surface area is 133 Å². The van der Waals surface area contributed by atoms with E-state index in [-0.39, 0.29) is 12.3 Å². The minimum absolute atomic E-state index is 0.183. The highest BCUT2D eigenvalue weighted by atomic mass is 79.9. The molecule has 0 radical (unpaired) electrons. The maximum Gasteiger partial charge on any atom is 0.249 e. The van der Waals surface area contributed by atoms with Crippen LogP contribution in [-0.4, -0.2) is 29.1 Å². The molecule has 21 heavy (non-hydrogen) atoms. The van der Waals surface area contributed by atoms with Crippen LogP contribution >= 0.6 is 15.9 Å². The third kappa shape index (κ3) is 6.27. The maximum atomic E-state index is 11.9. The van der Waals surface area contributed by atoms with Crippen LogP contribution in [0.25, 0.3) is 0 Å². The maximum absolute atomic E-state index is 11.9. The van der Waals surface area contributed by atoms with Gasteiger partial charge in [0.1, 0.15) is 12.1 Å². The third-order valence-corrected chi connectivity index (χ3v) is 3.48. The minimum Gasteiger partial charge on any atom is -0.383 e. The molecule has 4 N–H and O–H groups in total. The van der Waals surface area contributed by atoms with Crippen molar-refractivity contribution in [2.45, 2.75) is 38.8 Å². The minimum atomic E-state index is -1.13. The molecular weight excluding hydrogens is 336 g/mol. The Morgan fingerprint density at radius 1 is 1.38 bits per heavy atom. The number of hydrogen-bond acceptors (Lipinski definition) is 3. The summed E-state index contributed by atoms with van der Waals surface area (Å²) in [6.07, 6.45) is -0.502. The van der Waals surface area contributed by atoms with Crippen LogP contribution in [0.5, 0.6) is 0 Å². The van der Waals surface area contributed by atoms with Crippen LogP contribution in [0.15, 0.2) is 28.7 Å². The number of rotatable bonds is 7. The first kappa shape index (κ1) is 17.7. The number of hydrogen-bond donors (Lipinski definition) is 3. The zero-order chi connectivity index (χ0) is 16.0. The van der Waals surface area contributed by atoms with Crippen molar-refractivity contribution in [3.05, 3.63) is 34.3 Å². The van der Waals surface area contributed by atoms with Gasteiger partial charge in [-0.3, -0.25) is 9.59 Å². The van der Waals surface area contributed by atoms with Crippen molar-refractivity contribution < 1.29 is 14.7 Å². The van der Waals surface area contributed by atoms with Gasteiger partial charge in [-0.2, -0.15) is 0 Å². The second-order valence-electron chi connectivity index (χ2n) is 5.44. The van der Waals surface area contributed by atoms with Gasteiger partial charge in [0.15, 0.2) is 0 Å². The van der Waals surface area contributed by atoms with Crippen LogP contribution in [0.3, 0.4) is 0 Å². The van der Waals surface area contributed by atoms with Gasteiger partial charge in [-0.1, -0.05) is 41.9 Å². The average molecular weight is 357 g/mol. The quantitative estimate of drug-likeness (QED) is 0.688. The summed E-state index contributed by atoms with van der Waals surface area (Å²) in [6.45, 7) is 3.81. The SMILES string of the molecule is CC(C)C[C@@H](O)C(=O)N[C@@H](Cc1cccc(Br)c1)C(N)=O. The second kappa shape index (κ2) is 8.14. The molecular formula is C15H21BrN2O3. The Morgan fingerprint density at radius 3 is 2.57 bits per heavy atom. The summed E-state index contributed by atoms with van der Waals surface area (Å²) >= 11 is 3.35. The molecule has 1 aromatic rings. The van der Waals surface area contributed by atoms with E-state index in [1.54, 1.807) is 0 Å². The summed E-state index contributed by atoms with van der Waals surface area (Å²) in [5.74, 6) is -1.01. The Balaban J connectivity index is 2.70. The molecule has 0 saturated heterocycles. The molecule has 0 heterocycles. The predicted molar refractivity (Wildman–Crippen MR) is 84.4 cm³/mol. The molecule has 0 fully saturated rings. The van der Waals surface area contributed by atoms with E-state index in [1.807, 2.05) is 38.1 Å². The Hall–Kier alpha value is -1.40. The first-order valence-corrected chi connectivity index (χ1v) is 7.61. The number of benzene rings is 1. The largest absolute Gasteiger partial charge is 0.383 e. The molecule has 5 nitrogen and oxygen atoms in total. The second-order valence-corrected chi connectivity index (χ2v) is 6.36. The lowest BCUT2D eigenvalue weighted by atomic mass is 10.0. The van der Waals surface area contributed by atoms with E-state index in [2.05, 4.69) is 21.2 Å². The number of carbonyl (C=O) groups is 2. The molecule has 1 rings (SSSR count). The molecule has 0 unspecified atom stereocenters. The molecule has 2 amide bonds. The highest BCUT2D eigenvalue weighted by Crippen LogP contribution is 2.13. The lowest BCUT2D eigenvalue weighted by Crippen LogP contribution is -2.49. The number of halogens is 1. The van der Waals surface area contributed by atoms with Gasteiger partial charge in [0.2, 0.25) is 11.8 Å². The molecule has 0 aromatic heterocycles. The van der Waals surface area contributed by atoms with Gasteiger partial charge < -0.3 is 16.2 Å². The summed E-state index contributed by atoms with van der Waals surface area (Å²) < 4.78 is 0.884. The van der Waals surface area contributed by atoms with E-state index in [9.17, 15) is 14.7 Å². The summed E-state index contributed by atoms with van der Waals surface area (Å²) in [5, 5.41) is 12.3. The van der Waals surface area contributed by atoms with E-state index >= 15 is 0 Å². The zero-order valence-corrected chi connectivity index (χ0v) is 13.8. The number of nitrogens with two attached hydrogens (primary N) is 1. The highest BCUT2D eigenvalue weighted by molar-refractivity contribution is 9.10. The van der Waals surface area contributed by atoms with Crippen LogP contribution in [0.4, 0.5) is 0 Å². The van der Waals surface area contributed by atoms with Crippen molar-refractivity contribution in [2.75, 3.05) is 0 Å². The number of nitrogens with one attached hydrogen (secondary N) is 1. The van der Waals surface area contributed by atoms with Crippen molar-refractivity contribution in [3.63, 3.8) is 0 Å². The van der Waals surface area contributed by atoms with Crippen LogP contribution in [-0.2, 0) is 16.0 Å².